The van der Waals surface area contributed by atoms with Crippen LogP contribution < -0.4 is 5.32 Å². The van der Waals surface area contributed by atoms with Crippen molar-refractivity contribution in [2.45, 2.75) is 38.6 Å². The zero-order chi connectivity index (χ0) is 21.2. The van der Waals surface area contributed by atoms with Crippen molar-refractivity contribution in [1.29, 1.82) is 0 Å². The van der Waals surface area contributed by atoms with Crippen LogP contribution in [0.1, 0.15) is 36.5 Å². The molecular formula is C23H27Cl2FN2O. The number of rotatable bonds is 5. The van der Waals surface area contributed by atoms with Gasteiger partial charge in [0.15, 0.2) is 0 Å². The molecule has 3 nitrogen and oxygen atoms in total. The van der Waals surface area contributed by atoms with E-state index in [-0.39, 0.29) is 23.1 Å². The second kappa shape index (κ2) is 9.03. The molecule has 1 N–H and O–H groups in total. The molecule has 0 bridgehead atoms. The molecule has 0 radical (unpaired) electrons. The average molecular weight is 437 g/mol. The van der Waals surface area contributed by atoms with Gasteiger partial charge in [-0.1, -0.05) is 36.2 Å². The Morgan fingerprint density at radius 2 is 1.79 bits per heavy atom. The minimum Gasteiger partial charge on any atom is -0.352 e. The average Bonchev–Trinajstić information content (AvgIpc) is 2.66. The summed E-state index contributed by atoms with van der Waals surface area (Å²) in [5, 5.41) is 4.13. The molecule has 1 amide bonds. The van der Waals surface area contributed by atoms with Gasteiger partial charge >= 0.3 is 0 Å². The maximum Gasteiger partial charge on any atom is 0.223 e. The monoisotopic (exact) mass is 436 g/mol. The minimum atomic E-state index is -0.319. The predicted molar refractivity (Wildman–Crippen MR) is 117 cm³/mol. The van der Waals surface area contributed by atoms with E-state index in [0.29, 0.717) is 16.6 Å². The molecule has 29 heavy (non-hydrogen) atoms. The normalized spacial score (nSPS) is 17.7. The van der Waals surface area contributed by atoms with Crippen LogP contribution in [-0.4, -0.2) is 30.9 Å². The number of piperidine rings is 1. The number of likely N-dealkylation sites (tertiary alicyclic amines) is 1. The number of nitrogens with one attached hydrogen (secondary N) is 1. The summed E-state index contributed by atoms with van der Waals surface area (Å²) in [5.74, 6) is -0.520. The van der Waals surface area contributed by atoms with Crippen LogP contribution in [0.3, 0.4) is 0 Å². The fraction of sp³-hybridized carbons (Fsp3) is 0.435. The van der Waals surface area contributed by atoms with Gasteiger partial charge in [0.05, 0.1) is 0 Å². The van der Waals surface area contributed by atoms with Crippen LogP contribution in [0.2, 0.25) is 10.0 Å². The third kappa shape index (κ3) is 4.93. The van der Waals surface area contributed by atoms with Gasteiger partial charge in [0, 0.05) is 27.9 Å². The molecule has 0 saturated carbocycles. The van der Waals surface area contributed by atoms with E-state index in [1.54, 1.807) is 24.3 Å². The Morgan fingerprint density at radius 3 is 2.38 bits per heavy atom. The van der Waals surface area contributed by atoms with Crippen molar-refractivity contribution < 1.29 is 9.18 Å². The molecule has 2 aromatic carbocycles. The SMILES string of the molecule is Cc1cc(F)ccc1C1(C(C)C(=O)NCc2cc(Cl)cc(Cl)c2)CCN(C)CC1. The van der Waals surface area contributed by atoms with Crippen molar-refractivity contribution in [3.05, 3.63) is 69.0 Å². The second-order valence-electron chi connectivity index (χ2n) is 8.14. The maximum atomic E-state index is 13.7. The van der Waals surface area contributed by atoms with Crippen LogP contribution >= 0.6 is 23.2 Å². The third-order valence-electron chi connectivity index (χ3n) is 6.22. The molecule has 1 atom stereocenters. The zero-order valence-corrected chi connectivity index (χ0v) is 18.6. The Morgan fingerprint density at radius 1 is 1.17 bits per heavy atom. The number of nitrogens with zero attached hydrogens (tertiary/aromatic N) is 1. The van der Waals surface area contributed by atoms with E-state index < -0.39 is 0 Å². The Labute approximate surface area is 182 Å². The first-order valence-corrected chi connectivity index (χ1v) is 10.6. The highest BCUT2D eigenvalue weighted by Gasteiger charge is 2.44. The number of carbonyl (C=O) groups excluding carboxylic acids is 1. The molecule has 1 saturated heterocycles. The Bertz CT molecular complexity index is 874. The molecular weight excluding hydrogens is 410 g/mol. The van der Waals surface area contributed by atoms with E-state index in [4.69, 9.17) is 23.2 Å². The molecule has 0 aliphatic carbocycles. The van der Waals surface area contributed by atoms with Gasteiger partial charge in [0.1, 0.15) is 5.82 Å². The highest BCUT2D eigenvalue weighted by Crippen LogP contribution is 2.43. The number of hydrogen-bond acceptors (Lipinski definition) is 2. The summed E-state index contributed by atoms with van der Waals surface area (Å²) in [6, 6.07) is 10.2. The van der Waals surface area contributed by atoms with Crippen LogP contribution in [0, 0.1) is 18.7 Å². The lowest BCUT2D eigenvalue weighted by atomic mass is 9.63. The van der Waals surface area contributed by atoms with Gasteiger partial charge in [-0.15, -0.1) is 0 Å². The standard InChI is InChI=1S/C23H27Cl2FN2O/c1-15-10-20(26)4-5-21(15)23(6-8-28(3)9-7-23)16(2)22(29)27-14-17-11-18(24)13-19(25)12-17/h4-5,10-13,16H,6-9,14H2,1-3H3,(H,27,29). The van der Waals surface area contributed by atoms with Gasteiger partial charge in [-0.2, -0.15) is 0 Å². The number of aryl methyl sites for hydroxylation is 1. The van der Waals surface area contributed by atoms with Crippen molar-refractivity contribution in [2.75, 3.05) is 20.1 Å². The quantitative estimate of drug-likeness (QED) is 0.684. The highest BCUT2D eigenvalue weighted by atomic mass is 35.5. The fourth-order valence-electron chi connectivity index (χ4n) is 4.45. The molecule has 0 aromatic heterocycles. The largest absolute Gasteiger partial charge is 0.352 e. The molecule has 1 fully saturated rings. The van der Waals surface area contributed by atoms with Crippen molar-refractivity contribution >= 4 is 29.1 Å². The number of carbonyl (C=O) groups is 1. The Balaban J connectivity index is 1.84. The van der Waals surface area contributed by atoms with Gasteiger partial charge in [0.25, 0.3) is 0 Å². The van der Waals surface area contributed by atoms with Gasteiger partial charge in [-0.05, 0) is 86.9 Å². The van der Waals surface area contributed by atoms with Crippen LogP contribution in [-0.2, 0) is 16.8 Å². The molecule has 0 spiro atoms. The van der Waals surface area contributed by atoms with Crippen molar-refractivity contribution in [2.24, 2.45) is 5.92 Å². The first-order valence-electron chi connectivity index (χ1n) is 9.89. The third-order valence-corrected chi connectivity index (χ3v) is 6.65. The summed E-state index contributed by atoms with van der Waals surface area (Å²) >= 11 is 12.1. The summed E-state index contributed by atoms with van der Waals surface area (Å²) in [5.41, 5.74) is 2.51. The highest BCUT2D eigenvalue weighted by molar-refractivity contribution is 6.34. The van der Waals surface area contributed by atoms with E-state index >= 15 is 0 Å². The lowest BCUT2D eigenvalue weighted by Gasteiger charge is -2.45. The molecule has 3 rings (SSSR count). The zero-order valence-electron chi connectivity index (χ0n) is 17.1. The summed E-state index contributed by atoms with van der Waals surface area (Å²) in [7, 11) is 2.09. The smallest absolute Gasteiger partial charge is 0.223 e. The van der Waals surface area contributed by atoms with Gasteiger partial charge in [-0.3, -0.25) is 4.79 Å². The molecule has 1 heterocycles. The fourth-order valence-corrected chi connectivity index (χ4v) is 5.02. The number of hydrogen-bond donors (Lipinski definition) is 1. The molecule has 156 valence electrons. The first kappa shape index (κ1) is 22.1. The molecule has 1 unspecified atom stereocenters. The second-order valence-corrected chi connectivity index (χ2v) is 9.01. The van der Waals surface area contributed by atoms with E-state index in [9.17, 15) is 9.18 Å². The van der Waals surface area contributed by atoms with Crippen LogP contribution in [0.15, 0.2) is 36.4 Å². The van der Waals surface area contributed by atoms with Crippen molar-refractivity contribution in [1.82, 2.24) is 10.2 Å². The molecule has 2 aromatic rings. The Kier molecular flexibility index (Phi) is 6.87. The summed E-state index contributed by atoms with van der Waals surface area (Å²) in [4.78, 5) is 15.4. The molecule has 6 heteroatoms. The number of halogens is 3. The summed E-state index contributed by atoms with van der Waals surface area (Å²) in [6.45, 7) is 6.07. The van der Waals surface area contributed by atoms with Gasteiger partial charge in [-0.25, -0.2) is 4.39 Å². The van der Waals surface area contributed by atoms with E-state index in [0.717, 1.165) is 42.6 Å². The number of benzene rings is 2. The predicted octanol–water partition coefficient (Wildman–Crippen LogP) is 5.36. The van der Waals surface area contributed by atoms with Gasteiger partial charge < -0.3 is 10.2 Å². The summed E-state index contributed by atoms with van der Waals surface area (Å²) in [6.07, 6.45) is 1.71. The summed E-state index contributed by atoms with van der Waals surface area (Å²) < 4.78 is 13.7. The van der Waals surface area contributed by atoms with E-state index in [1.165, 1.54) is 6.07 Å². The topological polar surface area (TPSA) is 32.3 Å². The van der Waals surface area contributed by atoms with Crippen molar-refractivity contribution in [3.8, 4) is 0 Å². The number of amides is 1. The maximum absolute atomic E-state index is 13.7. The molecule has 1 aliphatic rings. The van der Waals surface area contributed by atoms with Crippen molar-refractivity contribution in [3.63, 3.8) is 0 Å². The van der Waals surface area contributed by atoms with Crippen LogP contribution in [0.5, 0.6) is 0 Å². The van der Waals surface area contributed by atoms with E-state index in [2.05, 4.69) is 17.3 Å². The van der Waals surface area contributed by atoms with Crippen LogP contribution in [0.4, 0.5) is 4.39 Å². The van der Waals surface area contributed by atoms with Gasteiger partial charge in [0.2, 0.25) is 5.91 Å². The van der Waals surface area contributed by atoms with E-state index in [1.807, 2.05) is 19.9 Å². The first-order chi connectivity index (χ1) is 13.7. The molecule has 1 aliphatic heterocycles. The lowest BCUT2D eigenvalue weighted by molar-refractivity contribution is -0.127. The van der Waals surface area contributed by atoms with Crippen LogP contribution in [0.25, 0.3) is 0 Å². The Hall–Kier alpha value is -1.62. The lowest BCUT2D eigenvalue weighted by Crippen LogP contribution is -2.50. The minimum absolute atomic E-state index is 0.0191.